The molecule has 2 aliphatic heterocycles. The number of nitrogens with one attached hydrogen (secondary N) is 1. The van der Waals surface area contributed by atoms with E-state index in [1.807, 2.05) is 0 Å². The minimum Gasteiger partial charge on any atom is -0.724 e. The number of carbonyl (C=O) groups is 3. The number of anilines is 1. The number of amides is 3. The molecule has 0 aliphatic carbocycles. The van der Waals surface area contributed by atoms with E-state index in [9.17, 15) is 27.4 Å². The normalized spacial score (nSPS) is 18.6. The molecule has 0 saturated carbocycles. The van der Waals surface area contributed by atoms with E-state index in [2.05, 4.69) is 9.60 Å². The number of hydrogen-bond donors (Lipinski definition) is 1. The molecule has 2 heterocycles. The molecule has 2 aromatic rings. The number of nitrogens with zero attached hydrogens (tertiary/aromatic N) is 2. The molecule has 0 spiro atoms. The van der Waals surface area contributed by atoms with Crippen LogP contribution >= 0.6 is 0 Å². The predicted molar refractivity (Wildman–Crippen MR) is 109 cm³/mol. The first kappa shape index (κ1) is 25.9. The Kier molecular flexibility index (Phi) is 7.85. The maximum absolute atomic E-state index is 12.7. The predicted octanol–water partition coefficient (Wildman–Crippen LogP) is -0.910. The van der Waals surface area contributed by atoms with E-state index in [1.165, 1.54) is 18.2 Å². The Morgan fingerprint density at radius 2 is 1.85 bits per heavy atom. The molecule has 0 radical (unpaired) electrons. The smallest absolute Gasteiger partial charge is 0.724 e. The minimum absolute atomic E-state index is 0. The number of esters is 1. The van der Waals surface area contributed by atoms with Gasteiger partial charge in [-0.25, -0.2) is 22.8 Å². The molecule has 4 rings (SSSR count). The number of hydroxylamine groups is 2. The molecule has 1 N–H and O–H groups in total. The number of urea groups is 1. The van der Waals surface area contributed by atoms with Crippen molar-refractivity contribution in [3.8, 4) is 5.75 Å². The van der Waals surface area contributed by atoms with Gasteiger partial charge in [-0.3, -0.25) is 5.32 Å². The fourth-order valence-electron chi connectivity index (χ4n) is 3.79. The van der Waals surface area contributed by atoms with Crippen molar-refractivity contribution in [2.45, 2.75) is 19.0 Å². The SMILES string of the molecule is CCOC(=O)C1c2ccc(OC(=O)Nc3ccccc3)cc2C2CN1C(=O)N2OS(=O)(=O)[O-].[Na+]. The van der Waals surface area contributed by atoms with E-state index in [0.717, 1.165) is 4.90 Å². The van der Waals surface area contributed by atoms with Gasteiger partial charge in [-0.2, -0.15) is 9.35 Å². The summed E-state index contributed by atoms with van der Waals surface area (Å²) in [5.74, 6) is -0.685. The first-order valence-electron chi connectivity index (χ1n) is 9.77. The molecule has 34 heavy (non-hydrogen) atoms. The van der Waals surface area contributed by atoms with Gasteiger partial charge in [0, 0.05) is 5.69 Å². The average Bonchev–Trinajstić information content (AvgIpc) is 3.01. The Balaban J connectivity index is 0.00000324. The van der Waals surface area contributed by atoms with Crippen LogP contribution in [-0.4, -0.2) is 54.2 Å². The maximum atomic E-state index is 12.7. The summed E-state index contributed by atoms with van der Waals surface area (Å²) in [6.07, 6.45) is -0.793. The van der Waals surface area contributed by atoms with Crippen LogP contribution in [0.3, 0.4) is 0 Å². The average molecular weight is 499 g/mol. The van der Waals surface area contributed by atoms with Crippen molar-refractivity contribution in [2.75, 3.05) is 18.5 Å². The number of ether oxygens (including phenoxy) is 2. The molecule has 2 aliphatic rings. The molecule has 2 bridgehead atoms. The molecule has 174 valence electrons. The van der Waals surface area contributed by atoms with Crippen LogP contribution in [0.25, 0.3) is 0 Å². The fourth-order valence-corrected chi connectivity index (χ4v) is 4.15. The summed E-state index contributed by atoms with van der Waals surface area (Å²) >= 11 is 0. The van der Waals surface area contributed by atoms with E-state index in [1.54, 1.807) is 37.3 Å². The van der Waals surface area contributed by atoms with Gasteiger partial charge in [-0.05, 0) is 42.3 Å². The standard InChI is InChI=1S/C20H19N3O9S.Na/c1-2-30-18(24)17-14-9-8-13(31-19(25)21-12-6-4-3-5-7-12)10-15(14)16-11-22(17)20(26)23(16)32-33(27,28)29;/h3-10,16-17H,2,11H2,1H3,(H,21,25)(H,27,28,29);/q;+1/p-1. The van der Waals surface area contributed by atoms with Gasteiger partial charge < -0.3 is 18.9 Å². The number of rotatable bonds is 6. The zero-order valence-electron chi connectivity index (χ0n) is 18.2. The Morgan fingerprint density at radius 3 is 2.50 bits per heavy atom. The minimum atomic E-state index is -5.28. The van der Waals surface area contributed by atoms with Gasteiger partial charge in [0.2, 0.25) is 10.4 Å². The summed E-state index contributed by atoms with van der Waals surface area (Å²) in [7, 11) is -5.28. The molecule has 1 fully saturated rings. The summed E-state index contributed by atoms with van der Waals surface area (Å²) in [5, 5.41) is 2.94. The second kappa shape index (κ2) is 10.3. The molecular formula is C20H18N3NaO9S. The third kappa shape index (κ3) is 5.35. The van der Waals surface area contributed by atoms with Gasteiger partial charge in [-0.1, -0.05) is 24.3 Å². The van der Waals surface area contributed by atoms with Crippen molar-refractivity contribution in [2.24, 2.45) is 0 Å². The van der Waals surface area contributed by atoms with Crippen LogP contribution in [0.1, 0.15) is 30.1 Å². The van der Waals surface area contributed by atoms with Gasteiger partial charge in [0.1, 0.15) is 11.8 Å². The van der Waals surface area contributed by atoms with Crippen molar-refractivity contribution in [1.82, 2.24) is 9.96 Å². The Bertz CT molecular complexity index is 1210. The van der Waals surface area contributed by atoms with Crippen LogP contribution in [0.5, 0.6) is 5.75 Å². The van der Waals surface area contributed by atoms with E-state index in [-0.39, 0.29) is 54.0 Å². The van der Waals surface area contributed by atoms with E-state index >= 15 is 0 Å². The summed E-state index contributed by atoms with van der Waals surface area (Å²) in [5.41, 5.74) is 1.09. The summed E-state index contributed by atoms with van der Waals surface area (Å²) in [4.78, 5) is 38.6. The number of fused-ring (bicyclic) bond motifs is 4. The molecule has 0 aromatic heterocycles. The molecule has 3 amide bonds. The largest absolute Gasteiger partial charge is 1.00 e. The Morgan fingerprint density at radius 1 is 1.15 bits per heavy atom. The zero-order chi connectivity index (χ0) is 23.8. The monoisotopic (exact) mass is 499 g/mol. The molecule has 2 atom stereocenters. The van der Waals surface area contributed by atoms with Crippen LogP contribution < -0.4 is 39.6 Å². The Hall–Kier alpha value is -2.68. The van der Waals surface area contributed by atoms with Gasteiger partial charge >= 0.3 is 47.7 Å². The first-order chi connectivity index (χ1) is 15.7. The van der Waals surface area contributed by atoms with Gasteiger partial charge in [0.05, 0.1) is 13.2 Å². The van der Waals surface area contributed by atoms with E-state index in [4.69, 9.17) is 9.47 Å². The van der Waals surface area contributed by atoms with Crippen molar-refractivity contribution >= 4 is 34.2 Å². The van der Waals surface area contributed by atoms with Gasteiger partial charge in [0.15, 0.2) is 6.04 Å². The topological polar surface area (TPSA) is 155 Å². The molecular weight excluding hydrogens is 481 g/mol. The molecule has 1 saturated heterocycles. The Labute approximate surface area is 216 Å². The molecule has 14 heteroatoms. The second-order valence-corrected chi connectivity index (χ2v) is 8.05. The number of benzene rings is 2. The quantitative estimate of drug-likeness (QED) is 0.230. The van der Waals surface area contributed by atoms with Crippen LogP contribution in [0.2, 0.25) is 0 Å². The maximum Gasteiger partial charge on any atom is 1.00 e. The van der Waals surface area contributed by atoms with Crippen molar-refractivity contribution in [3.63, 3.8) is 0 Å². The van der Waals surface area contributed by atoms with Crippen LogP contribution in [0, 0.1) is 0 Å². The number of hydrogen-bond acceptors (Lipinski definition) is 9. The van der Waals surface area contributed by atoms with Crippen LogP contribution in [0.4, 0.5) is 15.3 Å². The number of carbonyl (C=O) groups excluding carboxylic acids is 3. The molecule has 12 nitrogen and oxygen atoms in total. The second-order valence-electron chi connectivity index (χ2n) is 7.09. The summed E-state index contributed by atoms with van der Waals surface area (Å²) in [6.45, 7) is 1.49. The molecule has 2 unspecified atom stereocenters. The fraction of sp³-hybridized carbons (Fsp3) is 0.250. The first-order valence-corrected chi connectivity index (χ1v) is 11.1. The van der Waals surface area contributed by atoms with Gasteiger partial charge in [-0.15, -0.1) is 0 Å². The van der Waals surface area contributed by atoms with Crippen molar-refractivity contribution in [1.29, 1.82) is 0 Å². The zero-order valence-corrected chi connectivity index (χ0v) is 21.0. The van der Waals surface area contributed by atoms with Crippen molar-refractivity contribution in [3.05, 3.63) is 59.7 Å². The summed E-state index contributed by atoms with van der Waals surface area (Å²) < 4.78 is 48.2. The third-order valence-electron chi connectivity index (χ3n) is 5.02. The van der Waals surface area contributed by atoms with Gasteiger partial charge in [0.25, 0.3) is 0 Å². The van der Waals surface area contributed by atoms with E-state index in [0.29, 0.717) is 16.3 Å². The summed E-state index contributed by atoms with van der Waals surface area (Å²) in [6, 6.07) is 9.59. The van der Waals surface area contributed by atoms with Crippen molar-refractivity contribution < 1.29 is 70.7 Å². The van der Waals surface area contributed by atoms with Crippen LogP contribution in [0.15, 0.2) is 48.5 Å². The van der Waals surface area contributed by atoms with Crippen LogP contribution in [-0.2, 0) is 24.2 Å². The van der Waals surface area contributed by atoms with E-state index < -0.39 is 40.6 Å². The number of para-hydroxylation sites is 1. The third-order valence-corrected chi connectivity index (χ3v) is 5.37. The molecule has 2 aromatic carbocycles.